The molecule has 7 heteroatoms. The number of nitrogens with zero attached hydrogens (tertiary/aromatic N) is 3. The van der Waals surface area contributed by atoms with Crippen LogP contribution >= 0.6 is 0 Å². The standard InChI is InChI=1S/C27H32N4O2S/c32-16-27(8-2-9-27)30-25-24-23(3-1-10-34(24)33)28-26(29-25)31-14-21-12-20(13-22(21)15-31)19-7-5-17-4-6-18(17)11-19/h5,7,11-12,21-22,32H,1-4,6,8-10,13-16H2,(H,28,29,30)/t21-,22+,34-/m0/s1. The van der Waals surface area contributed by atoms with Crippen LogP contribution in [0.15, 0.2) is 29.2 Å². The molecule has 2 fully saturated rings. The Hall–Kier alpha value is -2.25. The molecular weight excluding hydrogens is 444 g/mol. The molecular formula is C27H32N4O2S. The molecule has 5 aliphatic rings. The molecule has 178 valence electrons. The second-order valence-corrected chi connectivity index (χ2v) is 12.4. The van der Waals surface area contributed by atoms with Gasteiger partial charge in [-0.2, -0.15) is 4.98 Å². The van der Waals surface area contributed by atoms with E-state index in [1.54, 1.807) is 0 Å². The molecule has 2 aromatic rings. The molecule has 34 heavy (non-hydrogen) atoms. The highest BCUT2D eigenvalue weighted by Gasteiger charge is 2.41. The van der Waals surface area contributed by atoms with E-state index in [4.69, 9.17) is 9.97 Å². The number of fused-ring (bicyclic) bond motifs is 3. The van der Waals surface area contributed by atoms with Crippen LogP contribution in [0.2, 0.25) is 0 Å². The SMILES string of the molecule is O=[S@]1CCCc2nc(N3C[C@H]4CC(c5ccc6c(c5)CC6)=C[C@H]4C3)nc(NC3(CO)CCC3)c21. The molecule has 2 aliphatic heterocycles. The summed E-state index contributed by atoms with van der Waals surface area (Å²) in [4.78, 5) is 13.0. The van der Waals surface area contributed by atoms with Crippen LogP contribution in [0.5, 0.6) is 0 Å². The lowest BCUT2D eigenvalue weighted by Gasteiger charge is -2.42. The zero-order valence-electron chi connectivity index (χ0n) is 19.6. The first kappa shape index (κ1) is 21.1. The van der Waals surface area contributed by atoms with Crippen LogP contribution < -0.4 is 10.2 Å². The van der Waals surface area contributed by atoms with Gasteiger partial charge in [-0.05, 0) is 85.5 Å². The average molecular weight is 477 g/mol. The van der Waals surface area contributed by atoms with E-state index >= 15 is 0 Å². The van der Waals surface area contributed by atoms with Gasteiger partial charge in [0, 0.05) is 18.8 Å². The molecule has 3 heterocycles. The fourth-order valence-electron chi connectivity index (χ4n) is 6.45. The molecule has 6 nitrogen and oxygen atoms in total. The van der Waals surface area contributed by atoms with Crippen LogP contribution in [0, 0.1) is 11.8 Å². The molecule has 2 N–H and O–H groups in total. The van der Waals surface area contributed by atoms with Crippen LogP contribution in [0.1, 0.15) is 54.5 Å². The van der Waals surface area contributed by atoms with Gasteiger partial charge in [0.05, 0.1) is 28.6 Å². The van der Waals surface area contributed by atoms with Crippen LogP contribution in [-0.2, 0) is 30.1 Å². The van der Waals surface area contributed by atoms with Gasteiger partial charge in [-0.15, -0.1) is 0 Å². The van der Waals surface area contributed by atoms with Crippen LogP contribution in [-0.4, -0.2) is 50.3 Å². The predicted octanol–water partition coefficient (Wildman–Crippen LogP) is 3.50. The fourth-order valence-corrected chi connectivity index (χ4v) is 7.78. The number of benzene rings is 1. The number of aliphatic hydroxyl groups excluding tert-OH is 1. The molecule has 0 unspecified atom stereocenters. The number of hydrogen-bond acceptors (Lipinski definition) is 6. The van der Waals surface area contributed by atoms with E-state index in [9.17, 15) is 9.32 Å². The van der Waals surface area contributed by atoms with Crippen molar-refractivity contribution in [2.24, 2.45) is 11.8 Å². The van der Waals surface area contributed by atoms with Gasteiger partial charge in [-0.25, -0.2) is 4.98 Å². The normalized spacial score (nSPS) is 28.3. The Labute approximate surface area is 203 Å². The third-order valence-corrected chi connectivity index (χ3v) is 10.3. The lowest BCUT2D eigenvalue weighted by molar-refractivity contribution is 0.143. The van der Waals surface area contributed by atoms with Gasteiger partial charge in [0.2, 0.25) is 5.95 Å². The fraction of sp³-hybridized carbons (Fsp3) is 0.556. The molecule has 1 aromatic heterocycles. The third kappa shape index (κ3) is 3.34. The van der Waals surface area contributed by atoms with Crippen molar-refractivity contribution in [1.82, 2.24) is 9.97 Å². The van der Waals surface area contributed by atoms with Crippen molar-refractivity contribution >= 4 is 28.1 Å². The number of hydrogen-bond donors (Lipinski definition) is 2. The van der Waals surface area contributed by atoms with E-state index in [0.717, 1.165) is 68.2 Å². The average Bonchev–Trinajstić information content (AvgIpc) is 3.36. The molecule has 0 spiro atoms. The van der Waals surface area contributed by atoms with Crippen molar-refractivity contribution in [3.63, 3.8) is 0 Å². The molecule has 3 atom stereocenters. The zero-order chi connectivity index (χ0) is 22.9. The molecule has 3 aliphatic carbocycles. The van der Waals surface area contributed by atoms with Gasteiger partial charge in [0.25, 0.3) is 0 Å². The molecule has 0 amide bonds. The van der Waals surface area contributed by atoms with E-state index in [-0.39, 0.29) is 12.1 Å². The Bertz CT molecular complexity index is 1220. The predicted molar refractivity (Wildman–Crippen MR) is 135 cm³/mol. The largest absolute Gasteiger partial charge is 0.394 e. The number of anilines is 2. The summed E-state index contributed by atoms with van der Waals surface area (Å²) < 4.78 is 12.9. The number of aryl methyl sites for hydroxylation is 3. The van der Waals surface area contributed by atoms with Gasteiger partial charge in [-0.1, -0.05) is 24.3 Å². The minimum absolute atomic E-state index is 0.0812. The van der Waals surface area contributed by atoms with Crippen molar-refractivity contribution in [3.05, 3.63) is 46.7 Å². The first-order valence-electron chi connectivity index (χ1n) is 12.9. The third-order valence-electron chi connectivity index (χ3n) is 8.80. The highest BCUT2D eigenvalue weighted by molar-refractivity contribution is 7.85. The quantitative estimate of drug-likeness (QED) is 0.688. The Morgan fingerprint density at radius 1 is 1.12 bits per heavy atom. The number of aliphatic hydroxyl groups is 1. The van der Waals surface area contributed by atoms with E-state index in [0.29, 0.717) is 23.4 Å². The molecule has 7 rings (SSSR count). The number of aromatic nitrogens is 2. The van der Waals surface area contributed by atoms with Gasteiger partial charge in [0.15, 0.2) is 0 Å². The molecule has 1 saturated heterocycles. The highest BCUT2D eigenvalue weighted by Crippen LogP contribution is 2.44. The first-order chi connectivity index (χ1) is 16.6. The topological polar surface area (TPSA) is 78.4 Å². The summed E-state index contributed by atoms with van der Waals surface area (Å²) in [6, 6.07) is 7.03. The van der Waals surface area contributed by atoms with E-state index < -0.39 is 10.8 Å². The van der Waals surface area contributed by atoms with Crippen molar-refractivity contribution in [2.75, 3.05) is 35.7 Å². The summed E-state index contributed by atoms with van der Waals surface area (Å²) in [7, 11) is -1.08. The van der Waals surface area contributed by atoms with Crippen molar-refractivity contribution in [1.29, 1.82) is 0 Å². The van der Waals surface area contributed by atoms with E-state index in [1.807, 2.05) is 0 Å². The molecule has 1 saturated carbocycles. The lowest BCUT2D eigenvalue weighted by atomic mass is 9.77. The molecule has 0 radical (unpaired) electrons. The summed E-state index contributed by atoms with van der Waals surface area (Å²) >= 11 is 0. The summed E-state index contributed by atoms with van der Waals surface area (Å²) in [5.74, 6) is 3.25. The first-order valence-corrected chi connectivity index (χ1v) is 14.2. The van der Waals surface area contributed by atoms with Crippen molar-refractivity contribution in [2.45, 2.75) is 61.8 Å². The van der Waals surface area contributed by atoms with Gasteiger partial charge in [-0.3, -0.25) is 4.21 Å². The zero-order valence-corrected chi connectivity index (χ0v) is 20.4. The minimum atomic E-state index is -1.08. The Kier molecular flexibility index (Phi) is 4.89. The maximum absolute atomic E-state index is 12.9. The summed E-state index contributed by atoms with van der Waals surface area (Å²) in [5.41, 5.74) is 6.57. The Morgan fingerprint density at radius 2 is 2.00 bits per heavy atom. The summed E-state index contributed by atoms with van der Waals surface area (Å²) in [6.07, 6.45) is 10.8. The number of rotatable bonds is 5. The monoisotopic (exact) mass is 476 g/mol. The van der Waals surface area contributed by atoms with E-state index in [2.05, 4.69) is 34.5 Å². The second-order valence-electron chi connectivity index (χ2n) is 10.9. The summed E-state index contributed by atoms with van der Waals surface area (Å²) in [6.45, 7) is 1.98. The van der Waals surface area contributed by atoms with Crippen molar-refractivity contribution < 1.29 is 9.32 Å². The Morgan fingerprint density at radius 3 is 2.71 bits per heavy atom. The van der Waals surface area contributed by atoms with Crippen LogP contribution in [0.4, 0.5) is 11.8 Å². The minimum Gasteiger partial charge on any atom is -0.394 e. The number of nitrogens with one attached hydrogen (secondary N) is 1. The number of allylic oxidation sites excluding steroid dienone is 1. The van der Waals surface area contributed by atoms with Crippen molar-refractivity contribution in [3.8, 4) is 0 Å². The van der Waals surface area contributed by atoms with Crippen LogP contribution in [0.3, 0.4) is 0 Å². The maximum Gasteiger partial charge on any atom is 0.227 e. The summed E-state index contributed by atoms with van der Waals surface area (Å²) in [5, 5.41) is 13.5. The second kappa shape index (κ2) is 7.89. The lowest BCUT2D eigenvalue weighted by Crippen LogP contribution is -2.49. The van der Waals surface area contributed by atoms with Crippen LogP contribution in [0.25, 0.3) is 5.57 Å². The van der Waals surface area contributed by atoms with Gasteiger partial charge >= 0.3 is 0 Å². The van der Waals surface area contributed by atoms with Gasteiger partial charge in [0.1, 0.15) is 10.7 Å². The smallest absolute Gasteiger partial charge is 0.227 e. The maximum atomic E-state index is 12.9. The van der Waals surface area contributed by atoms with Gasteiger partial charge < -0.3 is 15.3 Å². The van der Waals surface area contributed by atoms with E-state index in [1.165, 1.54) is 35.1 Å². The Balaban J connectivity index is 1.16. The highest BCUT2D eigenvalue weighted by atomic mass is 32.2. The molecule has 0 bridgehead atoms. The molecule has 1 aromatic carbocycles.